The van der Waals surface area contributed by atoms with Gasteiger partial charge in [0.2, 0.25) is 5.91 Å². The van der Waals surface area contributed by atoms with E-state index in [4.69, 9.17) is 27.9 Å². The Hall–Kier alpha value is -2.24. The van der Waals surface area contributed by atoms with Crippen LogP contribution in [-0.2, 0) is 9.59 Å². The van der Waals surface area contributed by atoms with E-state index in [9.17, 15) is 9.59 Å². The first-order valence-corrected chi connectivity index (χ1v) is 7.99. The number of carbonyl (C=O) groups is 2. The van der Waals surface area contributed by atoms with Crippen molar-refractivity contribution in [2.45, 2.75) is 6.92 Å². The van der Waals surface area contributed by atoms with E-state index in [0.29, 0.717) is 27.2 Å². The number of benzene rings is 2. The fraction of sp³-hybridized carbons (Fsp3) is 0.176. The van der Waals surface area contributed by atoms with Crippen molar-refractivity contribution in [2.24, 2.45) is 0 Å². The molecule has 0 aromatic heterocycles. The second-order valence-electron chi connectivity index (χ2n) is 5.45. The summed E-state index contributed by atoms with van der Waals surface area (Å²) in [5, 5.41) is 3.85. The van der Waals surface area contributed by atoms with Gasteiger partial charge in [0.1, 0.15) is 6.54 Å². The summed E-state index contributed by atoms with van der Waals surface area (Å²) in [5.74, 6) is -0.298. The van der Waals surface area contributed by atoms with Gasteiger partial charge in [0.25, 0.3) is 0 Å². The van der Waals surface area contributed by atoms with Crippen molar-refractivity contribution in [1.82, 2.24) is 0 Å². The minimum atomic E-state index is -0.420. The summed E-state index contributed by atoms with van der Waals surface area (Å²) in [6, 6.07) is 10.2. The van der Waals surface area contributed by atoms with Gasteiger partial charge in [-0.05, 0) is 42.8 Å². The number of ether oxygens (including phenoxy) is 1. The number of nitrogens with zero attached hydrogens (tertiary/aromatic N) is 1. The van der Waals surface area contributed by atoms with Crippen LogP contribution in [0.1, 0.15) is 5.56 Å². The summed E-state index contributed by atoms with van der Waals surface area (Å²) in [6.45, 7) is 1.86. The van der Waals surface area contributed by atoms with Crippen molar-refractivity contribution in [1.29, 1.82) is 0 Å². The van der Waals surface area contributed by atoms with E-state index in [2.05, 4.69) is 5.32 Å². The second-order valence-corrected chi connectivity index (χ2v) is 6.30. The highest BCUT2D eigenvalue weighted by Crippen LogP contribution is 2.34. The van der Waals surface area contributed by atoms with Gasteiger partial charge in [0.05, 0.1) is 12.2 Å². The normalized spacial score (nSPS) is 13.3. The standard InChI is InChI=1S/C17H14Cl2N2O3/c1-10-2-4-12(7-13(10)19)20-16(22)8-21-9-17(23)24-15-5-3-11(18)6-14(15)21/h2-7H,8-9H2,1H3,(H,20,22). The second kappa shape index (κ2) is 6.71. The van der Waals surface area contributed by atoms with Gasteiger partial charge >= 0.3 is 5.97 Å². The molecule has 1 amide bonds. The van der Waals surface area contributed by atoms with Gasteiger partial charge in [0.15, 0.2) is 5.75 Å². The van der Waals surface area contributed by atoms with Gasteiger partial charge < -0.3 is 15.0 Å². The Kier molecular flexibility index (Phi) is 4.64. The molecule has 2 aromatic rings. The van der Waals surface area contributed by atoms with Crippen LogP contribution in [0, 0.1) is 6.92 Å². The van der Waals surface area contributed by atoms with Crippen LogP contribution in [0.4, 0.5) is 11.4 Å². The van der Waals surface area contributed by atoms with E-state index in [-0.39, 0.29) is 19.0 Å². The first kappa shape index (κ1) is 16.6. The molecule has 0 atom stereocenters. The maximum absolute atomic E-state index is 12.3. The number of amides is 1. The molecule has 0 fully saturated rings. The Balaban J connectivity index is 1.76. The van der Waals surface area contributed by atoms with Crippen molar-refractivity contribution in [2.75, 3.05) is 23.3 Å². The van der Waals surface area contributed by atoms with Gasteiger partial charge in [0, 0.05) is 15.7 Å². The summed E-state index contributed by atoms with van der Waals surface area (Å²) in [6.07, 6.45) is 0. The molecule has 124 valence electrons. The van der Waals surface area contributed by atoms with Gasteiger partial charge in [-0.3, -0.25) is 4.79 Å². The third-order valence-electron chi connectivity index (χ3n) is 3.60. The van der Waals surface area contributed by atoms with Crippen molar-refractivity contribution in [3.8, 4) is 5.75 Å². The Morgan fingerprint density at radius 1 is 1.25 bits per heavy atom. The minimum absolute atomic E-state index is 0.00601. The van der Waals surface area contributed by atoms with Crippen LogP contribution in [0.3, 0.4) is 0 Å². The van der Waals surface area contributed by atoms with Crippen molar-refractivity contribution in [3.63, 3.8) is 0 Å². The highest BCUT2D eigenvalue weighted by molar-refractivity contribution is 6.31. The van der Waals surface area contributed by atoms with Crippen LogP contribution < -0.4 is 15.0 Å². The summed E-state index contributed by atoms with van der Waals surface area (Å²) < 4.78 is 5.16. The zero-order chi connectivity index (χ0) is 17.3. The molecule has 0 saturated carbocycles. The number of hydrogen-bond acceptors (Lipinski definition) is 4. The lowest BCUT2D eigenvalue weighted by Crippen LogP contribution is -2.41. The van der Waals surface area contributed by atoms with Gasteiger partial charge in [-0.15, -0.1) is 0 Å². The van der Waals surface area contributed by atoms with E-state index >= 15 is 0 Å². The number of carbonyl (C=O) groups excluding carboxylic acids is 2. The van der Waals surface area contributed by atoms with E-state index in [0.717, 1.165) is 5.56 Å². The zero-order valence-electron chi connectivity index (χ0n) is 12.8. The molecule has 0 bridgehead atoms. The van der Waals surface area contributed by atoms with Gasteiger partial charge in [-0.1, -0.05) is 29.3 Å². The number of rotatable bonds is 3. The SMILES string of the molecule is Cc1ccc(NC(=O)CN2CC(=O)Oc3ccc(Cl)cc32)cc1Cl. The zero-order valence-corrected chi connectivity index (χ0v) is 14.3. The average Bonchev–Trinajstić information content (AvgIpc) is 2.51. The Bertz CT molecular complexity index is 823. The van der Waals surface area contributed by atoms with Crippen LogP contribution in [0.2, 0.25) is 10.0 Å². The minimum Gasteiger partial charge on any atom is -0.423 e. The summed E-state index contributed by atoms with van der Waals surface area (Å²) in [7, 11) is 0. The molecule has 0 spiro atoms. The quantitative estimate of drug-likeness (QED) is 0.666. The number of esters is 1. The van der Waals surface area contributed by atoms with Gasteiger partial charge in [-0.25, -0.2) is 4.79 Å². The predicted molar refractivity (Wildman–Crippen MR) is 94.1 cm³/mol. The fourth-order valence-electron chi connectivity index (χ4n) is 2.41. The Morgan fingerprint density at radius 2 is 2.04 bits per heavy atom. The fourth-order valence-corrected chi connectivity index (χ4v) is 2.75. The summed E-state index contributed by atoms with van der Waals surface area (Å²) >= 11 is 12.0. The maximum atomic E-state index is 12.3. The highest BCUT2D eigenvalue weighted by atomic mass is 35.5. The maximum Gasteiger partial charge on any atom is 0.331 e. The van der Waals surface area contributed by atoms with Crippen LogP contribution in [-0.4, -0.2) is 25.0 Å². The van der Waals surface area contributed by atoms with Crippen molar-refractivity contribution >= 4 is 46.5 Å². The lowest BCUT2D eigenvalue weighted by atomic mass is 10.2. The van der Waals surface area contributed by atoms with Crippen molar-refractivity contribution in [3.05, 3.63) is 52.0 Å². The number of fused-ring (bicyclic) bond motifs is 1. The molecule has 2 aromatic carbocycles. The lowest BCUT2D eigenvalue weighted by Gasteiger charge is -2.29. The molecule has 1 aliphatic heterocycles. The number of anilines is 2. The van der Waals surface area contributed by atoms with E-state index < -0.39 is 5.97 Å². The Labute approximate surface area is 149 Å². The highest BCUT2D eigenvalue weighted by Gasteiger charge is 2.26. The molecule has 1 aliphatic rings. The Morgan fingerprint density at radius 3 is 2.79 bits per heavy atom. The third kappa shape index (κ3) is 3.63. The molecule has 24 heavy (non-hydrogen) atoms. The smallest absolute Gasteiger partial charge is 0.331 e. The van der Waals surface area contributed by atoms with E-state index in [1.165, 1.54) is 0 Å². The molecule has 3 rings (SSSR count). The van der Waals surface area contributed by atoms with E-state index in [1.807, 2.05) is 13.0 Å². The molecule has 0 unspecified atom stereocenters. The molecule has 5 nitrogen and oxygen atoms in total. The monoisotopic (exact) mass is 364 g/mol. The van der Waals surface area contributed by atoms with Crippen LogP contribution >= 0.6 is 23.2 Å². The summed E-state index contributed by atoms with van der Waals surface area (Å²) in [5.41, 5.74) is 2.14. The first-order valence-electron chi connectivity index (χ1n) is 7.23. The largest absolute Gasteiger partial charge is 0.423 e. The lowest BCUT2D eigenvalue weighted by molar-refractivity contribution is -0.133. The molecule has 7 heteroatoms. The van der Waals surface area contributed by atoms with E-state index in [1.54, 1.807) is 35.2 Å². The molecule has 0 aliphatic carbocycles. The molecule has 0 radical (unpaired) electrons. The van der Waals surface area contributed by atoms with Gasteiger partial charge in [-0.2, -0.15) is 0 Å². The number of halogens is 2. The predicted octanol–water partition coefficient (Wildman–Crippen LogP) is 3.67. The number of hydrogen-bond donors (Lipinski definition) is 1. The molecular formula is C17H14Cl2N2O3. The third-order valence-corrected chi connectivity index (χ3v) is 4.24. The van der Waals surface area contributed by atoms with Crippen LogP contribution in [0.5, 0.6) is 5.75 Å². The van der Waals surface area contributed by atoms with Crippen LogP contribution in [0.25, 0.3) is 0 Å². The summed E-state index contributed by atoms with van der Waals surface area (Å²) in [4.78, 5) is 25.6. The molecule has 0 saturated heterocycles. The average molecular weight is 365 g/mol. The van der Waals surface area contributed by atoms with Crippen molar-refractivity contribution < 1.29 is 14.3 Å². The number of aryl methyl sites for hydroxylation is 1. The topological polar surface area (TPSA) is 58.6 Å². The molecular weight excluding hydrogens is 351 g/mol. The first-order chi connectivity index (χ1) is 11.4. The number of nitrogens with one attached hydrogen (secondary N) is 1. The molecule has 1 N–H and O–H groups in total. The molecule has 1 heterocycles. The van der Waals surface area contributed by atoms with Crippen LogP contribution in [0.15, 0.2) is 36.4 Å².